The number of carbonyl (C=O) groups is 1. The maximum atomic E-state index is 12.0. The molecule has 0 N–H and O–H groups in total. The van der Waals surface area contributed by atoms with Crippen LogP contribution in [0.1, 0.15) is 11.1 Å². The van der Waals surface area contributed by atoms with Gasteiger partial charge in [-0.05, 0) is 17.7 Å². The summed E-state index contributed by atoms with van der Waals surface area (Å²) in [5.74, 6) is 0. The van der Waals surface area contributed by atoms with Crippen molar-refractivity contribution in [1.82, 2.24) is 4.90 Å². The third-order valence-corrected chi connectivity index (χ3v) is 3.66. The molecule has 0 unspecified atom stereocenters. The zero-order chi connectivity index (χ0) is 16.8. The van der Waals surface area contributed by atoms with E-state index in [2.05, 4.69) is 15.9 Å². The number of ether oxygens (including phenoxy) is 1. The standard InChI is InChI=1S/C16H15BrN2O4/c1-18(16(20)23-11-12-5-3-2-4-6-12)10-13-9-14(17)7-8-15(13)19(21)22/h2-9H,10-11H2,1H3. The summed E-state index contributed by atoms with van der Waals surface area (Å²) >= 11 is 3.28. The molecule has 0 aliphatic carbocycles. The van der Waals surface area contributed by atoms with Gasteiger partial charge in [0.25, 0.3) is 5.69 Å². The van der Waals surface area contributed by atoms with Crippen molar-refractivity contribution in [2.24, 2.45) is 0 Å². The second-order valence-corrected chi connectivity index (χ2v) is 5.84. The van der Waals surface area contributed by atoms with Crippen molar-refractivity contribution < 1.29 is 14.5 Å². The second kappa shape index (κ2) is 7.73. The molecule has 1 amide bonds. The van der Waals surface area contributed by atoms with Crippen LogP contribution < -0.4 is 0 Å². The predicted octanol–water partition coefficient (Wildman–Crippen LogP) is 4.13. The molecule has 0 bridgehead atoms. The van der Waals surface area contributed by atoms with Crippen molar-refractivity contribution in [2.45, 2.75) is 13.2 Å². The van der Waals surface area contributed by atoms with Crippen LogP contribution in [0.4, 0.5) is 10.5 Å². The maximum absolute atomic E-state index is 12.0. The average molecular weight is 379 g/mol. The zero-order valence-electron chi connectivity index (χ0n) is 12.4. The quantitative estimate of drug-likeness (QED) is 0.579. The average Bonchev–Trinajstić information content (AvgIpc) is 2.53. The summed E-state index contributed by atoms with van der Waals surface area (Å²) in [6, 6.07) is 13.9. The summed E-state index contributed by atoms with van der Waals surface area (Å²) in [7, 11) is 1.54. The normalized spacial score (nSPS) is 10.2. The minimum Gasteiger partial charge on any atom is -0.445 e. The first-order valence-corrected chi connectivity index (χ1v) is 7.61. The van der Waals surface area contributed by atoms with Crippen LogP contribution in [0.2, 0.25) is 0 Å². The number of nitro groups is 1. The van der Waals surface area contributed by atoms with E-state index in [0.717, 1.165) is 5.56 Å². The molecule has 0 fully saturated rings. The van der Waals surface area contributed by atoms with Crippen LogP contribution in [-0.4, -0.2) is 23.0 Å². The molecule has 0 aliphatic heterocycles. The summed E-state index contributed by atoms with van der Waals surface area (Å²) in [4.78, 5) is 23.9. The fourth-order valence-electron chi connectivity index (χ4n) is 2.01. The molecular formula is C16H15BrN2O4. The molecule has 0 spiro atoms. The number of nitrogens with zero attached hydrogens (tertiary/aromatic N) is 2. The lowest BCUT2D eigenvalue weighted by Crippen LogP contribution is -2.27. The smallest absolute Gasteiger partial charge is 0.410 e. The van der Waals surface area contributed by atoms with Crippen LogP contribution in [0, 0.1) is 10.1 Å². The molecule has 0 saturated heterocycles. The van der Waals surface area contributed by atoms with Gasteiger partial charge in [-0.1, -0.05) is 46.3 Å². The Kier molecular flexibility index (Phi) is 5.70. The SMILES string of the molecule is CN(Cc1cc(Br)ccc1[N+](=O)[O-])C(=O)OCc1ccccc1. The molecule has 23 heavy (non-hydrogen) atoms. The van der Waals surface area contributed by atoms with Crippen molar-refractivity contribution in [2.75, 3.05) is 7.05 Å². The summed E-state index contributed by atoms with van der Waals surface area (Å²) in [6.45, 7) is 0.244. The van der Waals surface area contributed by atoms with Crippen molar-refractivity contribution in [3.05, 3.63) is 74.2 Å². The summed E-state index contributed by atoms with van der Waals surface area (Å²) in [5, 5.41) is 11.1. The molecule has 120 valence electrons. The van der Waals surface area contributed by atoms with Crippen molar-refractivity contribution >= 4 is 27.7 Å². The number of hydrogen-bond acceptors (Lipinski definition) is 4. The molecule has 2 aromatic rings. The molecule has 0 saturated carbocycles. The first-order chi connectivity index (χ1) is 11.0. The molecule has 0 atom stereocenters. The Hall–Kier alpha value is -2.41. The lowest BCUT2D eigenvalue weighted by molar-refractivity contribution is -0.385. The lowest BCUT2D eigenvalue weighted by Gasteiger charge is -2.17. The summed E-state index contributed by atoms with van der Waals surface area (Å²) in [6.07, 6.45) is -0.539. The molecule has 2 rings (SSSR count). The van der Waals surface area contributed by atoms with Gasteiger partial charge in [-0.2, -0.15) is 0 Å². The van der Waals surface area contributed by atoms with E-state index in [1.54, 1.807) is 12.1 Å². The van der Waals surface area contributed by atoms with Crippen LogP contribution in [0.5, 0.6) is 0 Å². The highest BCUT2D eigenvalue weighted by Crippen LogP contribution is 2.24. The van der Waals surface area contributed by atoms with Gasteiger partial charge < -0.3 is 9.64 Å². The van der Waals surface area contributed by atoms with Crippen LogP contribution in [0.3, 0.4) is 0 Å². The van der Waals surface area contributed by atoms with Crippen LogP contribution in [0.15, 0.2) is 53.0 Å². The van der Waals surface area contributed by atoms with Crippen molar-refractivity contribution in [1.29, 1.82) is 0 Å². The van der Waals surface area contributed by atoms with Gasteiger partial charge in [-0.25, -0.2) is 4.79 Å². The number of amides is 1. The molecule has 6 nitrogen and oxygen atoms in total. The van der Waals surface area contributed by atoms with E-state index in [4.69, 9.17) is 4.74 Å². The highest BCUT2D eigenvalue weighted by molar-refractivity contribution is 9.10. The van der Waals surface area contributed by atoms with Gasteiger partial charge in [-0.15, -0.1) is 0 Å². The third-order valence-electron chi connectivity index (χ3n) is 3.16. The minimum atomic E-state index is -0.539. The van der Waals surface area contributed by atoms with E-state index in [9.17, 15) is 14.9 Å². The highest BCUT2D eigenvalue weighted by Gasteiger charge is 2.18. The lowest BCUT2D eigenvalue weighted by atomic mass is 10.2. The number of hydrogen-bond donors (Lipinski definition) is 0. The van der Waals surface area contributed by atoms with E-state index >= 15 is 0 Å². The van der Waals surface area contributed by atoms with Crippen molar-refractivity contribution in [3.63, 3.8) is 0 Å². The van der Waals surface area contributed by atoms with E-state index in [-0.39, 0.29) is 18.8 Å². The van der Waals surface area contributed by atoms with Gasteiger partial charge in [0.2, 0.25) is 0 Å². The second-order valence-electron chi connectivity index (χ2n) is 4.93. The minimum absolute atomic E-state index is 0.0316. The predicted molar refractivity (Wildman–Crippen MR) is 88.9 cm³/mol. The number of rotatable bonds is 5. The van der Waals surface area contributed by atoms with E-state index in [0.29, 0.717) is 10.0 Å². The zero-order valence-corrected chi connectivity index (χ0v) is 14.0. The Morgan fingerprint density at radius 2 is 1.96 bits per heavy atom. The van der Waals surface area contributed by atoms with Crippen molar-refractivity contribution in [3.8, 4) is 0 Å². The van der Waals surface area contributed by atoms with Crippen LogP contribution in [0.25, 0.3) is 0 Å². The number of benzene rings is 2. The van der Waals surface area contributed by atoms with Crippen LogP contribution in [-0.2, 0) is 17.9 Å². The monoisotopic (exact) mass is 378 g/mol. The Balaban J connectivity index is 2.01. The first kappa shape index (κ1) is 17.0. The Morgan fingerprint density at radius 1 is 1.26 bits per heavy atom. The maximum Gasteiger partial charge on any atom is 0.410 e. The van der Waals surface area contributed by atoms with Gasteiger partial charge >= 0.3 is 6.09 Å². The molecule has 0 aliphatic rings. The Morgan fingerprint density at radius 3 is 2.61 bits per heavy atom. The van der Waals surface area contributed by atoms with E-state index < -0.39 is 11.0 Å². The molecule has 0 heterocycles. The fraction of sp³-hybridized carbons (Fsp3) is 0.188. The van der Waals surface area contributed by atoms with Gasteiger partial charge in [0.15, 0.2) is 0 Å². The molecule has 7 heteroatoms. The first-order valence-electron chi connectivity index (χ1n) is 6.82. The topological polar surface area (TPSA) is 72.7 Å². The Labute approximate surface area is 142 Å². The van der Waals surface area contributed by atoms with Crippen LogP contribution >= 0.6 is 15.9 Å². The molecule has 0 aromatic heterocycles. The third kappa shape index (κ3) is 4.79. The summed E-state index contributed by atoms with van der Waals surface area (Å²) in [5.41, 5.74) is 1.28. The number of halogens is 1. The van der Waals surface area contributed by atoms with Gasteiger partial charge in [0.05, 0.1) is 17.0 Å². The molecule has 0 radical (unpaired) electrons. The molecular weight excluding hydrogens is 364 g/mol. The van der Waals surface area contributed by atoms with E-state index in [1.807, 2.05) is 30.3 Å². The molecule has 2 aromatic carbocycles. The number of nitro benzene ring substituents is 1. The van der Waals surface area contributed by atoms with E-state index in [1.165, 1.54) is 18.0 Å². The van der Waals surface area contributed by atoms with Gasteiger partial charge in [0, 0.05) is 17.6 Å². The van der Waals surface area contributed by atoms with Gasteiger partial charge in [-0.3, -0.25) is 10.1 Å². The largest absolute Gasteiger partial charge is 0.445 e. The summed E-state index contributed by atoms with van der Waals surface area (Å²) < 4.78 is 5.91. The number of carbonyl (C=O) groups excluding carboxylic acids is 1. The van der Waals surface area contributed by atoms with Gasteiger partial charge in [0.1, 0.15) is 6.61 Å². The fourth-order valence-corrected chi connectivity index (χ4v) is 2.42. The Bertz CT molecular complexity index is 706. The highest BCUT2D eigenvalue weighted by atomic mass is 79.9.